The molecule has 0 heterocycles. The van der Waals surface area contributed by atoms with E-state index < -0.39 is 5.82 Å². The van der Waals surface area contributed by atoms with Crippen molar-refractivity contribution in [2.45, 2.75) is 12.7 Å². The fraction of sp³-hybridized carbons (Fsp3) is 0.235. The normalized spacial score (nSPS) is 10.3. The quantitative estimate of drug-likeness (QED) is 0.874. The first-order chi connectivity index (χ1) is 10.6. The van der Waals surface area contributed by atoms with Crippen LogP contribution in [0.1, 0.15) is 11.1 Å². The summed E-state index contributed by atoms with van der Waals surface area (Å²) in [7, 11) is 1.44. The first-order valence-corrected chi connectivity index (χ1v) is 8.00. The van der Waals surface area contributed by atoms with Gasteiger partial charge in [0.2, 0.25) is 5.91 Å². The van der Waals surface area contributed by atoms with Crippen LogP contribution in [-0.4, -0.2) is 18.8 Å². The van der Waals surface area contributed by atoms with E-state index in [0.717, 1.165) is 5.75 Å². The van der Waals surface area contributed by atoms with Crippen LogP contribution < -0.4 is 10.1 Å². The Kier molecular flexibility index (Phi) is 5.83. The van der Waals surface area contributed by atoms with E-state index in [0.29, 0.717) is 17.2 Å². The molecular formula is C17H18FNO2S. The molecule has 116 valence electrons. The van der Waals surface area contributed by atoms with Crippen LogP contribution in [0.3, 0.4) is 0 Å². The minimum atomic E-state index is -0.399. The number of hydrogen-bond acceptors (Lipinski definition) is 3. The molecule has 0 aromatic heterocycles. The first kappa shape index (κ1) is 16.4. The van der Waals surface area contributed by atoms with E-state index in [4.69, 9.17) is 4.74 Å². The molecule has 0 saturated heterocycles. The van der Waals surface area contributed by atoms with Gasteiger partial charge >= 0.3 is 0 Å². The van der Waals surface area contributed by atoms with E-state index in [9.17, 15) is 9.18 Å². The first-order valence-electron chi connectivity index (χ1n) is 6.85. The Labute approximate surface area is 133 Å². The summed E-state index contributed by atoms with van der Waals surface area (Å²) in [5.41, 5.74) is 2.88. The van der Waals surface area contributed by atoms with Crippen LogP contribution in [0.25, 0.3) is 0 Å². The zero-order valence-corrected chi connectivity index (χ0v) is 13.4. The van der Waals surface area contributed by atoms with Crippen molar-refractivity contribution in [2.75, 3.05) is 18.2 Å². The summed E-state index contributed by atoms with van der Waals surface area (Å²) in [6, 6.07) is 12.2. The lowest BCUT2D eigenvalue weighted by Gasteiger charge is -2.10. The zero-order chi connectivity index (χ0) is 15.9. The molecule has 2 aromatic rings. The zero-order valence-electron chi connectivity index (χ0n) is 12.6. The minimum absolute atomic E-state index is 0.137. The third-order valence-electron chi connectivity index (χ3n) is 3.02. The van der Waals surface area contributed by atoms with Crippen molar-refractivity contribution in [3.63, 3.8) is 0 Å². The number of aryl methyl sites for hydroxylation is 1. The number of carbonyl (C=O) groups excluding carboxylic acids is 1. The SMILES string of the molecule is COc1cc(F)ccc1NC(=O)CSCc1cccc(C)c1. The Bertz CT molecular complexity index is 661. The molecule has 5 heteroatoms. The van der Waals surface area contributed by atoms with Gasteiger partial charge in [0, 0.05) is 11.8 Å². The molecule has 0 aliphatic heterocycles. The maximum atomic E-state index is 13.1. The number of rotatable bonds is 6. The van der Waals surface area contributed by atoms with Gasteiger partial charge in [-0.25, -0.2) is 4.39 Å². The number of amides is 1. The van der Waals surface area contributed by atoms with E-state index in [2.05, 4.69) is 11.4 Å². The Morgan fingerprint density at radius 2 is 2.09 bits per heavy atom. The van der Waals surface area contributed by atoms with Crippen LogP contribution in [0, 0.1) is 12.7 Å². The monoisotopic (exact) mass is 319 g/mol. The Morgan fingerprint density at radius 3 is 2.82 bits per heavy atom. The number of benzene rings is 2. The summed E-state index contributed by atoms with van der Waals surface area (Å²) < 4.78 is 18.2. The maximum absolute atomic E-state index is 13.1. The number of halogens is 1. The second-order valence-corrected chi connectivity index (χ2v) is 5.86. The highest BCUT2D eigenvalue weighted by Gasteiger charge is 2.08. The van der Waals surface area contributed by atoms with Crippen molar-refractivity contribution in [3.05, 3.63) is 59.4 Å². The van der Waals surface area contributed by atoms with Gasteiger partial charge in [-0.15, -0.1) is 11.8 Å². The molecule has 0 aliphatic carbocycles. The largest absolute Gasteiger partial charge is 0.494 e. The van der Waals surface area contributed by atoms with Gasteiger partial charge in [0.15, 0.2) is 0 Å². The smallest absolute Gasteiger partial charge is 0.234 e. The lowest BCUT2D eigenvalue weighted by Crippen LogP contribution is -2.15. The molecule has 0 unspecified atom stereocenters. The van der Waals surface area contributed by atoms with Crippen LogP contribution in [0.2, 0.25) is 0 Å². The molecular weight excluding hydrogens is 301 g/mol. The molecule has 0 fully saturated rings. The predicted molar refractivity (Wildman–Crippen MR) is 88.9 cm³/mol. The molecule has 3 nitrogen and oxygen atoms in total. The number of methoxy groups -OCH3 is 1. The maximum Gasteiger partial charge on any atom is 0.234 e. The van der Waals surface area contributed by atoms with Crippen molar-refractivity contribution in [1.82, 2.24) is 0 Å². The lowest BCUT2D eigenvalue weighted by atomic mass is 10.2. The summed E-state index contributed by atoms with van der Waals surface area (Å²) in [5, 5.41) is 2.73. The fourth-order valence-electron chi connectivity index (χ4n) is 2.02. The predicted octanol–water partition coefficient (Wildman–Crippen LogP) is 4.01. The molecule has 0 spiro atoms. The molecule has 22 heavy (non-hydrogen) atoms. The van der Waals surface area contributed by atoms with Gasteiger partial charge in [-0.05, 0) is 24.6 Å². The summed E-state index contributed by atoms with van der Waals surface area (Å²) in [4.78, 5) is 11.9. The van der Waals surface area contributed by atoms with E-state index >= 15 is 0 Å². The molecule has 0 bridgehead atoms. The average molecular weight is 319 g/mol. The molecule has 0 aliphatic rings. The van der Waals surface area contributed by atoms with Gasteiger partial charge in [0.25, 0.3) is 0 Å². The highest BCUT2D eigenvalue weighted by atomic mass is 32.2. The van der Waals surface area contributed by atoms with Crippen LogP contribution in [0.5, 0.6) is 5.75 Å². The van der Waals surface area contributed by atoms with Crippen molar-refractivity contribution in [2.24, 2.45) is 0 Å². The van der Waals surface area contributed by atoms with Crippen LogP contribution in [0.4, 0.5) is 10.1 Å². The lowest BCUT2D eigenvalue weighted by molar-refractivity contribution is -0.113. The highest BCUT2D eigenvalue weighted by Crippen LogP contribution is 2.25. The summed E-state index contributed by atoms with van der Waals surface area (Å²) >= 11 is 1.53. The number of thioether (sulfide) groups is 1. The Morgan fingerprint density at radius 1 is 1.27 bits per heavy atom. The van der Waals surface area contributed by atoms with Crippen LogP contribution in [-0.2, 0) is 10.5 Å². The second kappa shape index (κ2) is 7.84. The van der Waals surface area contributed by atoms with Gasteiger partial charge in [-0.3, -0.25) is 4.79 Å². The molecule has 0 atom stereocenters. The van der Waals surface area contributed by atoms with Gasteiger partial charge in [0.05, 0.1) is 18.6 Å². The number of nitrogens with one attached hydrogen (secondary N) is 1. The summed E-state index contributed by atoms with van der Waals surface area (Å²) in [5.74, 6) is 0.882. The van der Waals surface area contributed by atoms with Gasteiger partial charge in [0.1, 0.15) is 11.6 Å². The van der Waals surface area contributed by atoms with Gasteiger partial charge in [-0.1, -0.05) is 29.8 Å². The molecule has 0 saturated carbocycles. The molecule has 2 rings (SSSR count). The minimum Gasteiger partial charge on any atom is -0.494 e. The van der Waals surface area contributed by atoms with Gasteiger partial charge < -0.3 is 10.1 Å². The third-order valence-corrected chi connectivity index (χ3v) is 4.03. The third kappa shape index (κ3) is 4.77. The number of carbonyl (C=O) groups is 1. The topological polar surface area (TPSA) is 38.3 Å². The van der Waals surface area contributed by atoms with Crippen molar-refractivity contribution < 1.29 is 13.9 Å². The molecule has 1 amide bonds. The van der Waals surface area contributed by atoms with E-state index in [-0.39, 0.29) is 5.91 Å². The van der Waals surface area contributed by atoms with Crippen LogP contribution in [0.15, 0.2) is 42.5 Å². The van der Waals surface area contributed by atoms with E-state index in [1.54, 1.807) is 0 Å². The van der Waals surface area contributed by atoms with Gasteiger partial charge in [-0.2, -0.15) is 0 Å². The number of hydrogen-bond donors (Lipinski definition) is 1. The Hall–Kier alpha value is -2.01. The molecule has 1 N–H and O–H groups in total. The van der Waals surface area contributed by atoms with Crippen molar-refractivity contribution in [3.8, 4) is 5.75 Å². The van der Waals surface area contributed by atoms with E-state index in [1.807, 2.05) is 25.1 Å². The number of ether oxygens (including phenoxy) is 1. The molecule has 2 aromatic carbocycles. The molecule has 0 radical (unpaired) electrons. The number of anilines is 1. The summed E-state index contributed by atoms with van der Waals surface area (Å²) in [6.45, 7) is 2.04. The fourth-order valence-corrected chi connectivity index (χ4v) is 2.79. The average Bonchev–Trinajstić information content (AvgIpc) is 2.49. The van der Waals surface area contributed by atoms with E-state index in [1.165, 1.54) is 48.2 Å². The summed E-state index contributed by atoms with van der Waals surface area (Å²) in [6.07, 6.45) is 0. The highest BCUT2D eigenvalue weighted by molar-refractivity contribution is 7.99. The standard InChI is InChI=1S/C17H18FNO2S/c1-12-4-3-5-13(8-12)10-22-11-17(20)19-15-7-6-14(18)9-16(15)21-2/h3-9H,10-11H2,1-2H3,(H,19,20). The Balaban J connectivity index is 1.86. The van der Waals surface area contributed by atoms with Crippen molar-refractivity contribution in [1.29, 1.82) is 0 Å². The van der Waals surface area contributed by atoms with Crippen LogP contribution >= 0.6 is 11.8 Å². The van der Waals surface area contributed by atoms with Crippen molar-refractivity contribution >= 4 is 23.4 Å². The second-order valence-electron chi connectivity index (χ2n) is 4.87.